The van der Waals surface area contributed by atoms with Crippen LogP contribution in [0.15, 0.2) is 24.3 Å². The quantitative estimate of drug-likeness (QED) is 0.793. The number of hydrogen-bond donors (Lipinski definition) is 1. The zero-order valence-electron chi connectivity index (χ0n) is 13.4. The van der Waals surface area contributed by atoms with Gasteiger partial charge in [0, 0.05) is 19.7 Å². The fourth-order valence-electron chi connectivity index (χ4n) is 2.51. The zero-order chi connectivity index (χ0) is 14.9. The Hall–Kier alpha value is -1.06. The van der Waals surface area contributed by atoms with Gasteiger partial charge >= 0.3 is 0 Å². The van der Waals surface area contributed by atoms with Crippen molar-refractivity contribution in [2.45, 2.75) is 39.7 Å². The molecule has 1 aromatic rings. The molecule has 1 aromatic carbocycles. The van der Waals surface area contributed by atoms with Crippen LogP contribution in [0.1, 0.15) is 38.7 Å². The van der Waals surface area contributed by atoms with E-state index in [0.717, 1.165) is 45.1 Å². The normalized spacial score (nSPS) is 18.9. The maximum Gasteiger partial charge on any atom is 0.119 e. The molecule has 2 rings (SSSR count). The molecule has 1 N–H and O–H groups in total. The van der Waals surface area contributed by atoms with Gasteiger partial charge in [-0.2, -0.15) is 0 Å². The number of benzene rings is 1. The Balaban J connectivity index is 1.64. The lowest BCUT2D eigenvalue weighted by Gasteiger charge is -2.22. The van der Waals surface area contributed by atoms with E-state index in [9.17, 15) is 0 Å². The lowest BCUT2D eigenvalue weighted by molar-refractivity contribution is 0.0547. The van der Waals surface area contributed by atoms with Crippen molar-refractivity contribution in [1.29, 1.82) is 0 Å². The maximum atomic E-state index is 5.73. The Labute approximate surface area is 129 Å². The van der Waals surface area contributed by atoms with Crippen LogP contribution in [-0.4, -0.2) is 26.4 Å². The van der Waals surface area contributed by atoms with Crippen molar-refractivity contribution in [3.8, 4) is 5.75 Å². The second-order valence-electron chi connectivity index (χ2n) is 6.39. The first-order valence-electron chi connectivity index (χ1n) is 8.24. The van der Waals surface area contributed by atoms with Crippen LogP contribution in [-0.2, 0) is 11.3 Å². The van der Waals surface area contributed by atoms with Crippen LogP contribution >= 0.6 is 0 Å². The molecular formula is C18H29NO2. The predicted molar refractivity (Wildman–Crippen MR) is 86.6 cm³/mol. The van der Waals surface area contributed by atoms with Crippen LogP contribution < -0.4 is 10.1 Å². The van der Waals surface area contributed by atoms with E-state index < -0.39 is 0 Å². The zero-order valence-corrected chi connectivity index (χ0v) is 13.4. The van der Waals surface area contributed by atoms with Crippen molar-refractivity contribution in [2.24, 2.45) is 11.8 Å². The van der Waals surface area contributed by atoms with Gasteiger partial charge in [-0.15, -0.1) is 0 Å². The molecule has 0 saturated carbocycles. The summed E-state index contributed by atoms with van der Waals surface area (Å²) in [5.74, 6) is 2.34. The Morgan fingerprint density at radius 2 is 2.10 bits per heavy atom. The summed E-state index contributed by atoms with van der Waals surface area (Å²) in [4.78, 5) is 0. The highest BCUT2D eigenvalue weighted by Gasteiger charge is 2.12. The van der Waals surface area contributed by atoms with E-state index in [2.05, 4.69) is 43.4 Å². The second-order valence-corrected chi connectivity index (χ2v) is 6.39. The van der Waals surface area contributed by atoms with Gasteiger partial charge in [-0.25, -0.2) is 0 Å². The van der Waals surface area contributed by atoms with Crippen LogP contribution in [0.2, 0.25) is 0 Å². The SMILES string of the molecule is CC(C)CCOc1ccc(CNCC2CCCOC2)cc1. The summed E-state index contributed by atoms with van der Waals surface area (Å²) in [6, 6.07) is 8.44. The average molecular weight is 291 g/mol. The van der Waals surface area contributed by atoms with Crippen LogP contribution in [0.4, 0.5) is 0 Å². The molecule has 1 heterocycles. The Kier molecular flexibility index (Phi) is 7.04. The van der Waals surface area contributed by atoms with Crippen LogP contribution in [0.25, 0.3) is 0 Å². The molecule has 3 heteroatoms. The van der Waals surface area contributed by atoms with E-state index in [0.29, 0.717) is 11.8 Å². The lowest BCUT2D eigenvalue weighted by Crippen LogP contribution is -2.28. The van der Waals surface area contributed by atoms with E-state index in [1.54, 1.807) is 0 Å². The molecule has 0 radical (unpaired) electrons. The lowest BCUT2D eigenvalue weighted by atomic mass is 10.0. The summed E-state index contributed by atoms with van der Waals surface area (Å²) in [7, 11) is 0. The Bertz CT molecular complexity index is 383. The van der Waals surface area contributed by atoms with Crippen molar-refractivity contribution in [2.75, 3.05) is 26.4 Å². The van der Waals surface area contributed by atoms with Gasteiger partial charge in [-0.3, -0.25) is 0 Å². The molecule has 1 aliphatic rings. The van der Waals surface area contributed by atoms with Gasteiger partial charge in [0.15, 0.2) is 0 Å². The number of ether oxygens (including phenoxy) is 2. The molecule has 21 heavy (non-hydrogen) atoms. The summed E-state index contributed by atoms with van der Waals surface area (Å²) in [5.41, 5.74) is 1.31. The minimum absolute atomic E-state index is 0.678. The molecule has 1 fully saturated rings. The summed E-state index contributed by atoms with van der Waals surface area (Å²) in [6.45, 7) is 9.06. The molecule has 1 aliphatic heterocycles. The summed E-state index contributed by atoms with van der Waals surface area (Å²) in [5, 5.41) is 3.53. The van der Waals surface area contributed by atoms with E-state index in [-0.39, 0.29) is 0 Å². The first-order chi connectivity index (χ1) is 10.2. The highest BCUT2D eigenvalue weighted by molar-refractivity contribution is 5.27. The van der Waals surface area contributed by atoms with Crippen LogP contribution in [0.3, 0.4) is 0 Å². The van der Waals surface area contributed by atoms with Crippen molar-refractivity contribution in [3.05, 3.63) is 29.8 Å². The number of nitrogens with one attached hydrogen (secondary N) is 1. The highest BCUT2D eigenvalue weighted by Crippen LogP contribution is 2.15. The van der Waals surface area contributed by atoms with Gasteiger partial charge in [-0.05, 0) is 48.8 Å². The average Bonchev–Trinajstić information content (AvgIpc) is 2.50. The van der Waals surface area contributed by atoms with Crippen molar-refractivity contribution in [1.82, 2.24) is 5.32 Å². The molecule has 0 amide bonds. The molecule has 0 aliphatic carbocycles. The van der Waals surface area contributed by atoms with Crippen molar-refractivity contribution >= 4 is 0 Å². The predicted octanol–water partition coefficient (Wildman–Crippen LogP) is 3.63. The fourth-order valence-corrected chi connectivity index (χ4v) is 2.51. The van der Waals surface area contributed by atoms with E-state index >= 15 is 0 Å². The maximum absolute atomic E-state index is 5.73. The molecule has 3 nitrogen and oxygen atoms in total. The molecule has 0 bridgehead atoms. The highest BCUT2D eigenvalue weighted by atomic mass is 16.5. The minimum Gasteiger partial charge on any atom is -0.494 e. The molecule has 0 spiro atoms. The van der Waals surface area contributed by atoms with Gasteiger partial charge in [0.05, 0.1) is 13.2 Å². The molecule has 118 valence electrons. The monoisotopic (exact) mass is 291 g/mol. The van der Waals surface area contributed by atoms with Gasteiger partial charge in [-0.1, -0.05) is 26.0 Å². The second kappa shape index (κ2) is 9.06. The molecular weight excluding hydrogens is 262 g/mol. The van der Waals surface area contributed by atoms with E-state index in [1.807, 2.05) is 0 Å². The molecule has 1 unspecified atom stereocenters. The van der Waals surface area contributed by atoms with Crippen molar-refractivity contribution < 1.29 is 9.47 Å². The fraction of sp³-hybridized carbons (Fsp3) is 0.667. The Morgan fingerprint density at radius 1 is 1.29 bits per heavy atom. The van der Waals surface area contributed by atoms with Gasteiger partial charge in [0.1, 0.15) is 5.75 Å². The molecule has 0 aromatic heterocycles. The first-order valence-corrected chi connectivity index (χ1v) is 8.24. The third-order valence-corrected chi connectivity index (χ3v) is 3.90. The third kappa shape index (κ3) is 6.49. The van der Waals surface area contributed by atoms with Gasteiger partial charge < -0.3 is 14.8 Å². The third-order valence-electron chi connectivity index (χ3n) is 3.90. The first kappa shape index (κ1) is 16.3. The molecule has 1 saturated heterocycles. The largest absolute Gasteiger partial charge is 0.494 e. The topological polar surface area (TPSA) is 30.5 Å². The van der Waals surface area contributed by atoms with Crippen molar-refractivity contribution in [3.63, 3.8) is 0 Å². The number of rotatable bonds is 8. The Morgan fingerprint density at radius 3 is 2.76 bits per heavy atom. The van der Waals surface area contributed by atoms with E-state index in [1.165, 1.54) is 18.4 Å². The molecule has 1 atom stereocenters. The number of hydrogen-bond acceptors (Lipinski definition) is 3. The smallest absolute Gasteiger partial charge is 0.119 e. The van der Waals surface area contributed by atoms with Gasteiger partial charge in [0.2, 0.25) is 0 Å². The standard InChI is InChI=1S/C18H29NO2/c1-15(2)9-11-21-18-7-5-16(6-8-18)12-19-13-17-4-3-10-20-14-17/h5-8,15,17,19H,3-4,9-14H2,1-2H3. The van der Waals surface area contributed by atoms with Crippen LogP contribution in [0, 0.1) is 11.8 Å². The summed E-state index contributed by atoms with van der Waals surface area (Å²) < 4.78 is 11.2. The van der Waals surface area contributed by atoms with Gasteiger partial charge in [0.25, 0.3) is 0 Å². The van der Waals surface area contributed by atoms with E-state index in [4.69, 9.17) is 9.47 Å². The minimum atomic E-state index is 0.678. The van der Waals surface area contributed by atoms with Crippen LogP contribution in [0.5, 0.6) is 5.75 Å². The summed E-state index contributed by atoms with van der Waals surface area (Å²) in [6.07, 6.45) is 3.59. The summed E-state index contributed by atoms with van der Waals surface area (Å²) >= 11 is 0.